The van der Waals surface area contributed by atoms with E-state index in [0.29, 0.717) is 61.8 Å². The highest BCUT2D eigenvalue weighted by atomic mass is 19.1. The first-order valence-corrected chi connectivity index (χ1v) is 17.3. The molecule has 0 radical (unpaired) electrons. The van der Waals surface area contributed by atoms with Gasteiger partial charge < -0.3 is 25.4 Å². The van der Waals surface area contributed by atoms with Crippen LogP contribution in [-0.2, 0) is 17.7 Å². The lowest BCUT2D eigenvalue weighted by atomic mass is 9.97. The molecule has 0 unspecified atom stereocenters. The molecule has 1 aromatic heterocycles. The van der Waals surface area contributed by atoms with Crippen LogP contribution in [0, 0.1) is 12.7 Å². The molecule has 4 amide bonds. The van der Waals surface area contributed by atoms with Crippen LogP contribution in [-0.4, -0.2) is 78.1 Å². The number of piperidine rings is 1. The number of rotatable bonds is 10. The van der Waals surface area contributed by atoms with Crippen molar-refractivity contribution in [2.75, 3.05) is 49.6 Å². The van der Waals surface area contributed by atoms with E-state index in [1.807, 2.05) is 35.2 Å². The van der Waals surface area contributed by atoms with E-state index in [2.05, 4.69) is 35.1 Å². The average Bonchev–Trinajstić information content (AvgIpc) is 3.14. The summed E-state index contributed by atoms with van der Waals surface area (Å²) < 4.78 is 26.0. The second kappa shape index (κ2) is 16.1. The number of urea groups is 1. The maximum atomic E-state index is 14.3. The SMILES string of the molecule is CCc1c(Oc2ccc(C(=O)N3CCOCC3)cc2)ccc(CN2CCC(N(C(=O)Nc3ccc(C(N)=O)nc3)c3cccc(F)c3)CC2)c1C. The van der Waals surface area contributed by atoms with Crippen LogP contribution in [0.1, 0.15) is 57.3 Å². The molecule has 51 heavy (non-hydrogen) atoms. The van der Waals surface area contributed by atoms with Gasteiger partial charge in [-0.1, -0.05) is 19.1 Å². The van der Waals surface area contributed by atoms with Gasteiger partial charge in [-0.05, 0) is 104 Å². The number of anilines is 2. The quantitative estimate of drug-likeness (QED) is 0.204. The molecule has 3 heterocycles. The van der Waals surface area contributed by atoms with Gasteiger partial charge in [-0.15, -0.1) is 0 Å². The Morgan fingerprint density at radius 2 is 1.75 bits per heavy atom. The molecule has 266 valence electrons. The number of nitrogens with zero attached hydrogens (tertiary/aromatic N) is 4. The van der Waals surface area contributed by atoms with Gasteiger partial charge in [0, 0.05) is 50.0 Å². The number of amides is 4. The molecule has 3 aromatic carbocycles. The van der Waals surface area contributed by atoms with Gasteiger partial charge in [-0.25, -0.2) is 14.2 Å². The van der Waals surface area contributed by atoms with Crippen molar-refractivity contribution in [1.29, 1.82) is 0 Å². The Balaban J connectivity index is 1.10. The number of halogens is 1. The van der Waals surface area contributed by atoms with Gasteiger partial charge in [-0.2, -0.15) is 0 Å². The van der Waals surface area contributed by atoms with E-state index >= 15 is 0 Å². The maximum absolute atomic E-state index is 14.3. The van der Waals surface area contributed by atoms with Crippen LogP contribution >= 0.6 is 0 Å². The number of likely N-dealkylation sites (tertiary alicyclic amines) is 1. The smallest absolute Gasteiger partial charge is 0.326 e. The zero-order valence-corrected chi connectivity index (χ0v) is 28.9. The van der Waals surface area contributed by atoms with Gasteiger partial charge in [0.25, 0.3) is 11.8 Å². The van der Waals surface area contributed by atoms with E-state index < -0.39 is 17.8 Å². The third-order valence-electron chi connectivity index (χ3n) is 9.54. The van der Waals surface area contributed by atoms with Crippen molar-refractivity contribution >= 4 is 29.2 Å². The predicted molar refractivity (Wildman–Crippen MR) is 193 cm³/mol. The molecule has 0 aliphatic carbocycles. The van der Waals surface area contributed by atoms with Crippen LogP contribution < -0.4 is 20.7 Å². The van der Waals surface area contributed by atoms with E-state index in [1.54, 1.807) is 23.1 Å². The van der Waals surface area contributed by atoms with Gasteiger partial charge in [0.05, 0.1) is 25.1 Å². The number of hydrogen-bond acceptors (Lipinski definition) is 7. The first kappa shape index (κ1) is 35.5. The number of aromatic nitrogens is 1. The van der Waals surface area contributed by atoms with Crippen molar-refractivity contribution in [2.45, 2.75) is 45.7 Å². The van der Waals surface area contributed by atoms with Gasteiger partial charge in [0.1, 0.15) is 23.0 Å². The van der Waals surface area contributed by atoms with E-state index in [9.17, 15) is 18.8 Å². The highest BCUT2D eigenvalue weighted by Crippen LogP contribution is 2.32. The topological polar surface area (TPSA) is 130 Å². The van der Waals surface area contributed by atoms with Crippen LogP contribution in [0.2, 0.25) is 0 Å². The molecule has 0 spiro atoms. The summed E-state index contributed by atoms with van der Waals surface area (Å²) in [5, 5.41) is 2.84. The fraction of sp³-hybridized carbons (Fsp3) is 0.333. The monoisotopic (exact) mass is 694 g/mol. The van der Waals surface area contributed by atoms with E-state index in [-0.39, 0.29) is 17.6 Å². The van der Waals surface area contributed by atoms with E-state index in [0.717, 1.165) is 37.4 Å². The third kappa shape index (κ3) is 8.53. The van der Waals surface area contributed by atoms with Crippen molar-refractivity contribution in [1.82, 2.24) is 14.8 Å². The van der Waals surface area contributed by atoms with Crippen LogP contribution in [0.4, 0.5) is 20.6 Å². The summed E-state index contributed by atoms with van der Waals surface area (Å²) in [6, 6.07) is 19.9. The molecule has 11 nitrogen and oxygen atoms in total. The van der Waals surface area contributed by atoms with Gasteiger partial charge in [0.15, 0.2) is 0 Å². The molecule has 2 aliphatic rings. The minimum absolute atomic E-state index is 0.000584. The first-order chi connectivity index (χ1) is 24.7. The molecule has 0 saturated carbocycles. The zero-order chi connectivity index (χ0) is 35.9. The molecule has 2 fully saturated rings. The third-order valence-corrected chi connectivity index (χ3v) is 9.54. The lowest BCUT2D eigenvalue weighted by Crippen LogP contribution is -2.49. The number of ether oxygens (including phenoxy) is 2. The van der Waals surface area contributed by atoms with Crippen LogP contribution in [0.5, 0.6) is 11.5 Å². The number of hydrogen-bond donors (Lipinski definition) is 2. The molecule has 6 rings (SSSR count). The Hall–Kier alpha value is -5.33. The number of nitrogens with two attached hydrogens (primary N) is 1. The van der Waals surface area contributed by atoms with Crippen LogP contribution in [0.25, 0.3) is 0 Å². The van der Waals surface area contributed by atoms with Crippen molar-refractivity contribution in [3.05, 3.63) is 113 Å². The number of pyridine rings is 1. The summed E-state index contributed by atoms with van der Waals surface area (Å²) in [4.78, 5) is 47.7. The van der Waals surface area contributed by atoms with Crippen molar-refractivity contribution in [3.8, 4) is 11.5 Å². The van der Waals surface area contributed by atoms with Crippen molar-refractivity contribution < 1.29 is 28.2 Å². The molecular weight excluding hydrogens is 651 g/mol. The van der Waals surface area contributed by atoms with Crippen LogP contribution in [0.15, 0.2) is 79.0 Å². The molecule has 3 N–H and O–H groups in total. The Morgan fingerprint density at radius 3 is 2.39 bits per heavy atom. The van der Waals surface area contributed by atoms with Crippen molar-refractivity contribution in [3.63, 3.8) is 0 Å². The number of carbonyl (C=O) groups is 3. The molecule has 2 aliphatic heterocycles. The van der Waals surface area contributed by atoms with Crippen LogP contribution in [0.3, 0.4) is 0 Å². The number of carbonyl (C=O) groups excluding carboxylic acids is 3. The van der Waals surface area contributed by atoms with Gasteiger partial charge in [0.2, 0.25) is 0 Å². The average molecular weight is 695 g/mol. The highest BCUT2D eigenvalue weighted by Gasteiger charge is 2.30. The Kier molecular flexibility index (Phi) is 11.2. The minimum atomic E-state index is -0.660. The summed E-state index contributed by atoms with van der Waals surface area (Å²) in [6.07, 6.45) is 3.55. The second-order valence-electron chi connectivity index (χ2n) is 12.8. The zero-order valence-electron chi connectivity index (χ0n) is 28.9. The summed E-state index contributed by atoms with van der Waals surface area (Å²) in [6.45, 7) is 8.78. The normalized spacial score (nSPS) is 15.3. The lowest BCUT2D eigenvalue weighted by molar-refractivity contribution is 0.0303. The number of morpholine rings is 1. The summed E-state index contributed by atoms with van der Waals surface area (Å²) in [7, 11) is 0. The Morgan fingerprint density at radius 1 is 1.00 bits per heavy atom. The molecule has 4 aromatic rings. The highest BCUT2D eigenvalue weighted by molar-refractivity contribution is 6.02. The first-order valence-electron chi connectivity index (χ1n) is 17.3. The molecule has 2 saturated heterocycles. The Labute approximate surface area is 297 Å². The van der Waals surface area contributed by atoms with E-state index in [1.165, 1.54) is 35.5 Å². The molecular formula is C39H43FN6O5. The lowest BCUT2D eigenvalue weighted by Gasteiger charge is -2.38. The number of primary amides is 1. The van der Waals surface area contributed by atoms with Gasteiger partial charge >= 0.3 is 6.03 Å². The second-order valence-corrected chi connectivity index (χ2v) is 12.8. The number of nitrogens with one attached hydrogen (secondary N) is 1. The molecule has 12 heteroatoms. The molecule has 0 bridgehead atoms. The summed E-state index contributed by atoms with van der Waals surface area (Å²) in [5.74, 6) is 0.372. The number of benzene rings is 3. The maximum Gasteiger partial charge on any atom is 0.326 e. The van der Waals surface area contributed by atoms with Gasteiger partial charge in [-0.3, -0.25) is 19.4 Å². The fourth-order valence-electron chi connectivity index (χ4n) is 6.72. The minimum Gasteiger partial charge on any atom is -0.457 e. The molecule has 0 atom stereocenters. The summed E-state index contributed by atoms with van der Waals surface area (Å²) in [5.41, 5.74) is 10.4. The Bertz CT molecular complexity index is 1860. The predicted octanol–water partition coefficient (Wildman–Crippen LogP) is 6.16. The fourth-order valence-corrected chi connectivity index (χ4v) is 6.72. The van der Waals surface area contributed by atoms with E-state index in [4.69, 9.17) is 15.2 Å². The largest absolute Gasteiger partial charge is 0.457 e. The summed E-state index contributed by atoms with van der Waals surface area (Å²) >= 11 is 0. The standard InChI is InChI=1S/C39H43FN6O5/c1-3-34-26(2)28(9-14-36(34)51-33-11-7-27(8-12-33)38(48)45-19-21-50-22-20-45)25-44-17-15-31(16-18-44)46(32-6-4-5-29(40)23-32)39(49)43-30-10-13-35(37(41)47)42-24-30/h4-14,23-24,31H,3,15-22,25H2,1-2H3,(H2,41,47)(H,43,49). The van der Waals surface area contributed by atoms with Crippen molar-refractivity contribution in [2.24, 2.45) is 5.73 Å².